The smallest absolute Gasteiger partial charge is 0.324 e. The average Bonchev–Trinajstić information content (AvgIpc) is 3.89. The molecule has 4 atom stereocenters. The third kappa shape index (κ3) is 9.42. The highest BCUT2D eigenvalue weighted by atomic mass is 16.5. The zero-order valence-corrected chi connectivity index (χ0v) is 37.4. The van der Waals surface area contributed by atoms with Gasteiger partial charge in [-0.1, -0.05) is 60.3 Å². The normalized spacial score (nSPS) is 22.1. The Balaban J connectivity index is 1.22. The van der Waals surface area contributed by atoms with E-state index >= 15 is 0 Å². The molecule has 0 aliphatic carbocycles. The maximum absolute atomic E-state index is 14.6. The van der Waals surface area contributed by atoms with Gasteiger partial charge in [0.15, 0.2) is 0 Å². The first-order valence-corrected chi connectivity index (χ1v) is 22.1. The van der Waals surface area contributed by atoms with Crippen LogP contribution in [-0.4, -0.2) is 117 Å². The highest BCUT2D eigenvalue weighted by Gasteiger charge is 2.40. The van der Waals surface area contributed by atoms with E-state index in [1.807, 2.05) is 38.2 Å². The van der Waals surface area contributed by atoms with E-state index in [4.69, 9.17) is 14.7 Å². The molecule has 4 aliphatic rings. The lowest BCUT2D eigenvalue weighted by Gasteiger charge is -2.37. The summed E-state index contributed by atoms with van der Waals surface area (Å²) < 4.78 is 8.36. The number of likely N-dealkylation sites (tertiary alicyclic amines) is 1. The van der Waals surface area contributed by atoms with Crippen molar-refractivity contribution >= 4 is 35.3 Å². The van der Waals surface area contributed by atoms with Crippen LogP contribution >= 0.6 is 0 Å². The van der Waals surface area contributed by atoms with Gasteiger partial charge >= 0.3 is 5.97 Å². The van der Waals surface area contributed by atoms with Gasteiger partial charge in [0.2, 0.25) is 17.7 Å². The Morgan fingerprint density at radius 3 is 2.60 bits per heavy atom. The number of pyridine rings is 1. The molecule has 0 unspecified atom stereocenters. The topological polar surface area (TPSA) is 162 Å². The van der Waals surface area contributed by atoms with E-state index in [0.717, 1.165) is 52.7 Å². The van der Waals surface area contributed by atoms with E-state index < -0.39 is 41.3 Å². The molecule has 332 valence electrons. The van der Waals surface area contributed by atoms with E-state index in [0.29, 0.717) is 45.4 Å². The highest BCUT2D eigenvalue weighted by molar-refractivity contribution is 5.93. The van der Waals surface area contributed by atoms with Crippen LogP contribution in [0.25, 0.3) is 11.4 Å². The summed E-state index contributed by atoms with van der Waals surface area (Å²) in [5.74, 6) is -1.46. The first-order chi connectivity index (χ1) is 29.5. The summed E-state index contributed by atoms with van der Waals surface area (Å²) in [6.07, 6.45) is 5.48. The van der Waals surface area contributed by atoms with Crippen molar-refractivity contribution < 1.29 is 28.7 Å². The summed E-state index contributed by atoms with van der Waals surface area (Å²) in [6, 6.07) is 9.46. The minimum atomic E-state index is -1.03. The number of fused-ring (bicyclic) bond motifs is 6. The van der Waals surface area contributed by atoms with E-state index in [-0.39, 0.29) is 49.1 Å². The molecule has 15 nitrogen and oxygen atoms in total. The molecule has 2 fully saturated rings. The Bertz CT molecular complexity index is 2200. The molecule has 6 heterocycles. The van der Waals surface area contributed by atoms with Gasteiger partial charge in [0.1, 0.15) is 23.9 Å². The number of anilines is 1. The molecule has 3 aromatic rings. The molecule has 6 bridgehead atoms. The van der Waals surface area contributed by atoms with Crippen molar-refractivity contribution in [2.75, 3.05) is 44.7 Å². The van der Waals surface area contributed by atoms with Crippen molar-refractivity contribution in [1.82, 2.24) is 40.1 Å². The lowest BCUT2D eigenvalue weighted by atomic mass is 9.93. The first-order valence-electron chi connectivity index (χ1n) is 22.1. The number of aromatic nitrogens is 3. The zero-order valence-electron chi connectivity index (χ0n) is 37.4. The van der Waals surface area contributed by atoms with E-state index in [9.17, 15) is 24.0 Å². The quantitative estimate of drug-likeness (QED) is 0.248. The molecule has 2 saturated heterocycles. The van der Waals surface area contributed by atoms with Gasteiger partial charge in [0.25, 0.3) is 5.91 Å². The lowest BCUT2D eigenvalue weighted by molar-refractivity contribution is -0.155. The predicted molar refractivity (Wildman–Crippen MR) is 235 cm³/mol. The molecule has 0 saturated carbocycles. The number of rotatable bonds is 8. The fourth-order valence-corrected chi connectivity index (χ4v) is 9.44. The standard InChI is InChI=1S/C47H63N9O6/c1-9-39(57)54-21-17-32(25-54)44(59)52(8)41(30(4)5)43(58)50-37-24-31-13-10-14-33(23-31)53-22-18-35-38(26-53)55(42(49-35)34-15-11-19-48-40(34)29(2)3)27-47(6,7)28-62-46(61)36-16-12-20-56(51-36)45(37)60/h9-11,13-15,19,23,29-30,32,36-37,41,51H,1,12,16-18,20-22,24-28H2,2-8H3,(H,50,58)/t32-,36-,37-,41-/m0/s1. The fourth-order valence-electron chi connectivity index (χ4n) is 9.44. The molecular weight excluding hydrogens is 787 g/mol. The van der Waals surface area contributed by atoms with Crippen molar-refractivity contribution in [2.24, 2.45) is 17.3 Å². The van der Waals surface area contributed by atoms with Crippen LogP contribution in [0.5, 0.6) is 0 Å². The van der Waals surface area contributed by atoms with E-state index in [1.54, 1.807) is 11.9 Å². The third-order valence-corrected chi connectivity index (χ3v) is 12.7. The molecule has 0 radical (unpaired) electrons. The minimum absolute atomic E-state index is 0.144. The Labute approximate surface area is 365 Å². The monoisotopic (exact) mass is 849 g/mol. The lowest BCUT2D eigenvalue weighted by Crippen LogP contribution is -2.62. The second kappa shape index (κ2) is 18.4. The molecular formula is C47H63N9O6. The predicted octanol–water partition coefficient (Wildman–Crippen LogP) is 4.25. The van der Waals surface area contributed by atoms with Crippen LogP contribution in [0.2, 0.25) is 0 Å². The molecule has 62 heavy (non-hydrogen) atoms. The maximum atomic E-state index is 14.6. The number of amides is 4. The van der Waals surface area contributed by atoms with Gasteiger partial charge in [0, 0.05) is 75.5 Å². The van der Waals surface area contributed by atoms with Crippen LogP contribution in [0.1, 0.15) is 89.4 Å². The number of carbonyl (C=O) groups excluding carboxylic acids is 5. The molecule has 7 rings (SSSR count). The summed E-state index contributed by atoms with van der Waals surface area (Å²) in [5, 5.41) is 4.50. The number of benzene rings is 1. The number of hydrogen-bond acceptors (Lipinski definition) is 10. The molecule has 0 spiro atoms. The molecule has 2 aromatic heterocycles. The molecule has 4 aliphatic heterocycles. The van der Waals surface area contributed by atoms with Gasteiger partial charge in [-0.3, -0.25) is 34.0 Å². The van der Waals surface area contributed by atoms with Gasteiger partial charge in [-0.05, 0) is 67.0 Å². The Hall–Kier alpha value is -5.57. The summed E-state index contributed by atoms with van der Waals surface area (Å²) in [5.41, 5.74) is 8.58. The van der Waals surface area contributed by atoms with E-state index in [2.05, 4.69) is 72.7 Å². The van der Waals surface area contributed by atoms with Crippen molar-refractivity contribution in [2.45, 2.75) is 111 Å². The second-order valence-corrected chi connectivity index (χ2v) is 18.8. The van der Waals surface area contributed by atoms with Crippen LogP contribution in [-0.2, 0) is 54.6 Å². The van der Waals surface area contributed by atoms with Crippen molar-refractivity contribution in [1.29, 1.82) is 0 Å². The molecule has 4 amide bonds. The Morgan fingerprint density at radius 1 is 1.06 bits per heavy atom. The van der Waals surface area contributed by atoms with Crippen LogP contribution in [0.3, 0.4) is 0 Å². The van der Waals surface area contributed by atoms with Crippen LogP contribution in [0, 0.1) is 17.3 Å². The Morgan fingerprint density at radius 2 is 1.85 bits per heavy atom. The number of imidazole rings is 1. The summed E-state index contributed by atoms with van der Waals surface area (Å²) >= 11 is 0. The number of nitrogens with zero attached hydrogens (tertiary/aromatic N) is 7. The minimum Gasteiger partial charge on any atom is -0.464 e. The maximum Gasteiger partial charge on any atom is 0.324 e. The number of carbonyl (C=O) groups is 5. The summed E-state index contributed by atoms with van der Waals surface area (Å²) in [4.78, 5) is 84.4. The second-order valence-electron chi connectivity index (χ2n) is 18.8. The van der Waals surface area contributed by atoms with E-state index in [1.165, 1.54) is 16.0 Å². The number of cyclic esters (lactones) is 1. The number of nitrogens with one attached hydrogen (secondary N) is 2. The van der Waals surface area contributed by atoms with Crippen LogP contribution in [0.4, 0.5) is 5.69 Å². The average molecular weight is 850 g/mol. The van der Waals surface area contributed by atoms with Crippen molar-refractivity contribution in [3.63, 3.8) is 0 Å². The molecule has 15 heteroatoms. The van der Waals surface area contributed by atoms with Crippen molar-refractivity contribution in [3.8, 4) is 11.4 Å². The SMILES string of the molecule is C=CC(=O)N1CC[C@H](C(=O)N(C)[C@H](C(=O)N[C@H]2Cc3cccc(c3)N3CCc4nc(-c5cccnc5C(C)C)n(c4C3)CC(C)(C)COC(=O)[C@@H]3CCCN(N3)C2=O)C(C)C)C1. The summed E-state index contributed by atoms with van der Waals surface area (Å²) in [6.45, 7) is 18.8. The number of likely N-dealkylation sites (N-methyl/N-ethyl adjacent to an activating group) is 1. The fraction of sp³-hybridized carbons (Fsp3) is 0.553. The van der Waals surface area contributed by atoms with Gasteiger partial charge in [-0.15, -0.1) is 0 Å². The Kier molecular flexibility index (Phi) is 13.2. The van der Waals surface area contributed by atoms with Crippen LogP contribution in [0.15, 0.2) is 55.3 Å². The summed E-state index contributed by atoms with van der Waals surface area (Å²) in [7, 11) is 1.61. The number of hydrogen-bond donors (Lipinski definition) is 2. The van der Waals surface area contributed by atoms with Gasteiger partial charge in [0.05, 0.1) is 36.2 Å². The number of hydrazine groups is 1. The number of esters is 1. The van der Waals surface area contributed by atoms with Gasteiger partial charge in [-0.25, -0.2) is 10.4 Å². The van der Waals surface area contributed by atoms with Crippen LogP contribution < -0.4 is 15.6 Å². The first kappa shape index (κ1) is 44.5. The van der Waals surface area contributed by atoms with Gasteiger partial charge in [-0.2, -0.15) is 0 Å². The number of ether oxygens (including phenoxy) is 1. The molecule has 2 N–H and O–H groups in total. The highest BCUT2D eigenvalue weighted by Crippen LogP contribution is 2.35. The molecule has 1 aromatic carbocycles. The van der Waals surface area contributed by atoms with Gasteiger partial charge < -0.3 is 29.3 Å². The zero-order chi connectivity index (χ0) is 44.5. The largest absolute Gasteiger partial charge is 0.464 e. The van der Waals surface area contributed by atoms with Crippen molar-refractivity contribution in [3.05, 3.63) is 77.9 Å². The third-order valence-electron chi connectivity index (χ3n) is 12.7.